The zero-order chi connectivity index (χ0) is 11.7. The van der Waals surface area contributed by atoms with Crippen LogP contribution in [0, 0.1) is 12.7 Å². The molecule has 2 aromatic rings. The summed E-state index contributed by atoms with van der Waals surface area (Å²) >= 11 is 4.58. The fourth-order valence-electron chi connectivity index (χ4n) is 1.40. The molecule has 0 amide bonds. The normalized spacial score (nSPS) is 10.4. The number of carbonyl (C=O) groups excluding carboxylic acids is 1. The number of ketones is 1. The molecule has 0 unspecified atom stereocenters. The van der Waals surface area contributed by atoms with Gasteiger partial charge in [0.15, 0.2) is 0 Å². The van der Waals surface area contributed by atoms with Crippen LogP contribution in [-0.2, 0) is 0 Å². The third kappa shape index (κ3) is 1.95. The molecular weight excluding hydrogens is 291 g/mol. The van der Waals surface area contributed by atoms with Gasteiger partial charge in [-0.05, 0) is 45.9 Å². The first kappa shape index (κ1) is 11.5. The van der Waals surface area contributed by atoms with E-state index in [0.717, 1.165) is 0 Å². The molecular formula is C12H8BrFOS. The van der Waals surface area contributed by atoms with Gasteiger partial charge >= 0.3 is 0 Å². The highest BCUT2D eigenvalue weighted by Crippen LogP contribution is 2.26. The number of hydrogen-bond donors (Lipinski definition) is 0. The number of rotatable bonds is 2. The van der Waals surface area contributed by atoms with Crippen molar-refractivity contribution in [1.29, 1.82) is 0 Å². The van der Waals surface area contributed by atoms with Gasteiger partial charge in [-0.3, -0.25) is 4.79 Å². The summed E-state index contributed by atoms with van der Waals surface area (Å²) in [6.45, 7) is 1.65. The van der Waals surface area contributed by atoms with Crippen LogP contribution in [0.5, 0.6) is 0 Å². The Morgan fingerprint density at radius 1 is 1.38 bits per heavy atom. The van der Waals surface area contributed by atoms with Crippen molar-refractivity contribution in [2.24, 2.45) is 0 Å². The first-order valence-electron chi connectivity index (χ1n) is 4.64. The molecule has 1 aromatic heterocycles. The standard InChI is InChI=1S/C12H8BrFOS/c1-7-3-2-4-8(10(7)14)11(15)12-9(13)5-6-16-12/h2-6H,1H3. The van der Waals surface area contributed by atoms with Crippen LogP contribution in [0.1, 0.15) is 20.8 Å². The molecule has 4 heteroatoms. The van der Waals surface area contributed by atoms with Crippen molar-refractivity contribution < 1.29 is 9.18 Å². The maximum Gasteiger partial charge on any atom is 0.207 e. The van der Waals surface area contributed by atoms with Gasteiger partial charge in [-0.2, -0.15) is 0 Å². The number of aryl methyl sites for hydroxylation is 1. The van der Waals surface area contributed by atoms with Crippen LogP contribution in [-0.4, -0.2) is 5.78 Å². The predicted octanol–water partition coefficient (Wildman–Crippen LogP) is 4.19. The molecule has 82 valence electrons. The number of carbonyl (C=O) groups is 1. The Balaban J connectivity index is 2.50. The summed E-state index contributed by atoms with van der Waals surface area (Å²) in [5.74, 6) is -0.712. The number of thiophene rings is 1. The van der Waals surface area contributed by atoms with Crippen LogP contribution >= 0.6 is 27.3 Å². The van der Waals surface area contributed by atoms with Gasteiger partial charge in [0.05, 0.1) is 10.4 Å². The Bertz CT molecular complexity index is 548. The third-order valence-corrected chi connectivity index (χ3v) is 4.10. The van der Waals surface area contributed by atoms with Gasteiger partial charge in [-0.1, -0.05) is 12.1 Å². The van der Waals surface area contributed by atoms with Gasteiger partial charge in [0, 0.05) is 4.47 Å². The van der Waals surface area contributed by atoms with E-state index in [1.807, 2.05) is 0 Å². The molecule has 0 bridgehead atoms. The van der Waals surface area contributed by atoms with Gasteiger partial charge in [0.2, 0.25) is 5.78 Å². The molecule has 0 aliphatic rings. The Kier molecular flexibility index (Phi) is 3.21. The molecule has 2 rings (SSSR count). The molecule has 16 heavy (non-hydrogen) atoms. The molecule has 0 aliphatic heterocycles. The molecule has 0 atom stereocenters. The average Bonchev–Trinajstić information content (AvgIpc) is 2.68. The summed E-state index contributed by atoms with van der Waals surface area (Å²) < 4.78 is 14.5. The molecule has 1 aromatic carbocycles. The number of halogens is 2. The molecule has 0 fully saturated rings. The van der Waals surface area contributed by atoms with E-state index in [9.17, 15) is 9.18 Å². The Hall–Kier alpha value is -1.000. The second-order valence-electron chi connectivity index (χ2n) is 3.36. The van der Waals surface area contributed by atoms with Crippen LogP contribution < -0.4 is 0 Å². The minimum atomic E-state index is -0.437. The van der Waals surface area contributed by atoms with Crippen LogP contribution in [0.2, 0.25) is 0 Å². The minimum absolute atomic E-state index is 0.128. The molecule has 0 spiro atoms. The SMILES string of the molecule is Cc1cccc(C(=O)c2sccc2Br)c1F. The lowest BCUT2D eigenvalue weighted by Gasteiger charge is -2.03. The van der Waals surface area contributed by atoms with E-state index in [0.29, 0.717) is 14.9 Å². The predicted molar refractivity (Wildman–Crippen MR) is 66.6 cm³/mol. The highest BCUT2D eigenvalue weighted by Gasteiger charge is 2.18. The summed E-state index contributed by atoms with van der Waals surface area (Å²) in [4.78, 5) is 12.6. The van der Waals surface area contributed by atoms with Crippen molar-refractivity contribution in [2.75, 3.05) is 0 Å². The first-order chi connectivity index (χ1) is 7.61. The van der Waals surface area contributed by atoms with Crippen molar-refractivity contribution in [3.05, 3.63) is 55.9 Å². The molecule has 0 N–H and O–H groups in total. The summed E-state index contributed by atoms with van der Waals surface area (Å²) in [5, 5.41) is 1.80. The third-order valence-electron chi connectivity index (χ3n) is 2.26. The zero-order valence-electron chi connectivity index (χ0n) is 8.46. The molecule has 0 saturated heterocycles. The van der Waals surface area contributed by atoms with Crippen LogP contribution in [0.15, 0.2) is 34.1 Å². The van der Waals surface area contributed by atoms with E-state index in [4.69, 9.17) is 0 Å². The molecule has 0 saturated carbocycles. The highest BCUT2D eigenvalue weighted by molar-refractivity contribution is 9.10. The van der Waals surface area contributed by atoms with Crippen molar-refractivity contribution in [1.82, 2.24) is 0 Å². The van der Waals surface area contributed by atoms with Gasteiger partial charge in [-0.25, -0.2) is 4.39 Å². The van der Waals surface area contributed by atoms with Crippen molar-refractivity contribution >= 4 is 33.0 Å². The topological polar surface area (TPSA) is 17.1 Å². The molecule has 0 aliphatic carbocycles. The molecule has 1 heterocycles. The van der Waals surface area contributed by atoms with Crippen molar-refractivity contribution in [3.8, 4) is 0 Å². The second kappa shape index (κ2) is 4.47. The Morgan fingerprint density at radius 3 is 2.75 bits per heavy atom. The maximum absolute atomic E-state index is 13.7. The fourth-order valence-corrected chi connectivity index (χ4v) is 2.91. The minimum Gasteiger partial charge on any atom is -0.288 e. The van der Waals surface area contributed by atoms with E-state index < -0.39 is 5.82 Å². The Morgan fingerprint density at radius 2 is 2.12 bits per heavy atom. The van der Waals surface area contributed by atoms with E-state index >= 15 is 0 Å². The number of hydrogen-bond acceptors (Lipinski definition) is 2. The summed E-state index contributed by atoms with van der Waals surface area (Å²) in [7, 11) is 0. The lowest BCUT2D eigenvalue weighted by atomic mass is 10.1. The lowest BCUT2D eigenvalue weighted by molar-refractivity contribution is 0.103. The van der Waals surface area contributed by atoms with Gasteiger partial charge in [0.25, 0.3) is 0 Å². The van der Waals surface area contributed by atoms with Gasteiger partial charge < -0.3 is 0 Å². The van der Waals surface area contributed by atoms with E-state index in [1.54, 1.807) is 30.5 Å². The maximum atomic E-state index is 13.7. The Labute approximate surface area is 105 Å². The zero-order valence-corrected chi connectivity index (χ0v) is 10.9. The molecule has 0 radical (unpaired) electrons. The van der Waals surface area contributed by atoms with Crippen LogP contribution in [0.3, 0.4) is 0 Å². The van der Waals surface area contributed by atoms with Crippen molar-refractivity contribution in [3.63, 3.8) is 0 Å². The van der Waals surface area contributed by atoms with Crippen LogP contribution in [0.25, 0.3) is 0 Å². The average molecular weight is 299 g/mol. The lowest BCUT2D eigenvalue weighted by Crippen LogP contribution is -2.04. The number of benzene rings is 1. The fraction of sp³-hybridized carbons (Fsp3) is 0.0833. The summed E-state index contributed by atoms with van der Waals surface area (Å²) in [6.07, 6.45) is 0. The van der Waals surface area contributed by atoms with E-state index in [2.05, 4.69) is 15.9 Å². The van der Waals surface area contributed by atoms with Gasteiger partial charge in [-0.15, -0.1) is 11.3 Å². The molecule has 1 nitrogen and oxygen atoms in total. The largest absolute Gasteiger partial charge is 0.288 e. The first-order valence-corrected chi connectivity index (χ1v) is 6.31. The second-order valence-corrected chi connectivity index (χ2v) is 5.13. The summed E-state index contributed by atoms with van der Waals surface area (Å²) in [6, 6.07) is 6.63. The van der Waals surface area contributed by atoms with E-state index in [1.165, 1.54) is 17.4 Å². The smallest absolute Gasteiger partial charge is 0.207 e. The van der Waals surface area contributed by atoms with Crippen molar-refractivity contribution in [2.45, 2.75) is 6.92 Å². The highest BCUT2D eigenvalue weighted by atomic mass is 79.9. The monoisotopic (exact) mass is 298 g/mol. The van der Waals surface area contributed by atoms with Gasteiger partial charge in [0.1, 0.15) is 5.82 Å². The van der Waals surface area contributed by atoms with E-state index in [-0.39, 0.29) is 11.3 Å². The summed E-state index contributed by atoms with van der Waals surface area (Å²) in [5.41, 5.74) is 0.613. The van der Waals surface area contributed by atoms with Crippen LogP contribution in [0.4, 0.5) is 4.39 Å². The quantitative estimate of drug-likeness (QED) is 0.760.